The second-order valence-electron chi connectivity index (χ2n) is 5.49. The van der Waals surface area contributed by atoms with Crippen LogP contribution < -0.4 is 5.32 Å². The molecule has 1 N–H and O–H groups in total. The third kappa shape index (κ3) is 3.46. The quantitative estimate of drug-likeness (QED) is 0.544. The van der Waals surface area contributed by atoms with Crippen LogP contribution in [-0.4, -0.2) is 15.9 Å². The molecule has 0 atom stereocenters. The summed E-state index contributed by atoms with van der Waals surface area (Å²) in [6, 6.07) is 16.9. The topological polar surface area (TPSA) is 54.9 Å². The van der Waals surface area contributed by atoms with Gasteiger partial charge in [-0.2, -0.15) is 0 Å². The second kappa shape index (κ2) is 7.18. The van der Waals surface area contributed by atoms with Crippen LogP contribution in [0.2, 0.25) is 0 Å². The molecule has 0 spiro atoms. The van der Waals surface area contributed by atoms with Gasteiger partial charge in [0.05, 0.1) is 15.1 Å². The van der Waals surface area contributed by atoms with Crippen molar-refractivity contribution in [1.82, 2.24) is 9.97 Å². The number of fused-ring (bicyclic) bond motifs is 1. The van der Waals surface area contributed by atoms with Gasteiger partial charge in [0.2, 0.25) is 0 Å². The number of rotatable bonds is 2. The average Bonchev–Trinajstić information content (AvgIpc) is 3.13. The number of para-hydroxylation sites is 1. The molecule has 0 bridgehead atoms. The molecule has 3 aromatic heterocycles. The number of amides is 1. The van der Waals surface area contributed by atoms with Gasteiger partial charge in [-0.15, -0.1) is 11.3 Å². The predicted octanol–water partition coefficient (Wildman–Crippen LogP) is 4.34. The maximum atomic E-state index is 12.5. The summed E-state index contributed by atoms with van der Waals surface area (Å²) in [4.78, 5) is 21.6. The molecule has 4 aromatic rings. The third-order valence-corrected chi connectivity index (χ3v) is 4.76. The molecular formula is C21H13N3OS. The number of hydrogen-bond donors (Lipinski definition) is 1. The van der Waals surface area contributed by atoms with Gasteiger partial charge in [-0.3, -0.25) is 9.78 Å². The SMILES string of the molecule is O=C(Nc1ccccc1)c1cc2c(C#Cc3ccccn3)cncc2s1. The Hall–Kier alpha value is -3.49. The zero-order valence-electron chi connectivity index (χ0n) is 13.6. The van der Waals surface area contributed by atoms with Gasteiger partial charge in [0.1, 0.15) is 5.69 Å². The molecule has 0 aliphatic carbocycles. The zero-order valence-corrected chi connectivity index (χ0v) is 14.5. The lowest BCUT2D eigenvalue weighted by Gasteiger charge is -2.01. The molecular weight excluding hydrogens is 342 g/mol. The smallest absolute Gasteiger partial charge is 0.265 e. The number of anilines is 1. The van der Waals surface area contributed by atoms with Gasteiger partial charge >= 0.3 is 0 Å². The maximum Gasteiger partial charge on any atom is 0.265 e. The van der Waals surface area contributed by atoms with Gasteiger partial charge in [-0.25, -0.2) is 4.98 Å². The summed E-state index contributed by atoms with van der Waals surface area (Å²) in [5, 5.41) is 3.82. The summed E-state index contributed by atoms with van der Waals surface area (Å²) in [5.41, 5.74) is 2.24. The minimum atomic E-state index is -0.138. The van der Waals surface area contributed by atoms with Gasteiger partial charge < -0.3 is 5.32 Å². The highest BCUT2D eigenvalue weighted by molar-refractivity contribution is 7.20. The molecule has 0 unspecified atom stereocenters. The van der Waals surface area contributed by atoms with Gasteiger partial charge in [-0.1, -0.05) is 30.2 Å². The molecule has 0 saturated heterocycles. The van der Waals surface area contributed by atoms with Crippen LogP contribution in [0.4, 0.5) is 5.69 Å². The van der Waals surface area contributed by atoms with Crippen molar-refractivity contribution in [3.8, 4) is 11.8 Å². The van der Waals surface area contributed by atoms with Crippen molar-refractivity contribution in [2.75, 3.05) is 5.32 Å². The van der Waals surface area contributed by atoms with E-state index in [9.17, 15) is 4.79 Å². The number of carbonyl (C=O) groups is 1. The van der Waals surface area contributed by atoms with Crippen LogP contribution in [0.5, 0.6) is 0 Å². The van der Waals surface area contributed by atoms with E-state index >= 15 is 0 Å². The third-order valence-electron chi connectivity index (χ3n) is 3.69. The first-order valence-electron chi connectivity index (χ1n) is 7.96. The molecule has 124 valence electrons. The van der Waals surface area contributed by atoms with E-state index in [0.717, 1.165) is 21.3 Å². The van der Waals surface area contributed by atoms with Crippen LogP contribution >= 0.6 is 11.3 Å². The summed E-state index contributed by atoms with van der Waals surface area (Å²) in [6.45, 7) is 0. The van der Waals surface area contributed by atoms with E-state index in [0.29, 0.717) is 10.6 Å². The number of aromatic nitrogens is 2. The Morgan fingerprint density at radius 3 is 2.65 bits per heavy atom. The Labute approximate surface area is 154 Å². The van der Waals surface area contributed by atoms with Crippen LogP contribution in [0.1, 0.15) is 20.9 Å². The van der Waals surface area contributed by atoms with Gasteiger partial charge in [0, 0.05) is 29.7 Å². The first-order valence-corrected chi connectivity index (χ1v) is 8.78. The van der Waals surface area contributed by atoms with Crippen LogP contribution in [-0.2, 0) is 0 Å². The molecule has 3 heterocycles. The standard InChI is InChI=1S/C21H13N3OS/c25-21(24-17-7-2-1-3-8-17)19-12-18-15(13-22-14-20(18)26-19)9-10-16-6-4-5-11-23-16/h1-8,11-14H,(H,24,25). The summed E-state index contributed by atoms with van der Waals surface area (Å²) >= 11 is 1.40. The first kappa shape index (κ1) is 16.0. The molecule has 1 aromatic carbocycles. The van der Waals surface area contributed by atoms with E-state index in [1.165, 1.54) is 11.3 Å². The maximum absolute atomic E-state index is 12.5. The van der Waals surface area contributed by atoms with Gasteiger partial charge in [0.15, 0.2) is 0 Å². The van der Waals surface area contributed by atoms with Gasteiger partial charge in [-0.05, 0) is 36.3 Å². The largest absolute Gasteiger partial charge is 0.321 e. The van der Waals surface area contributed by atoms with Crippen LogP contribution in [0.15, 0.2) is 73.2 Å². The molecule has 4 nitrogen and oxygen atoms in total. The fourth-order valence-corrected chi connectivity index (χ4v) is 3.40. The highest BCUT2D eigenvalue weighted by Gasteiger charge is 2.12. The fourth-order valence-electron chi connectivity index (χ4n) is 2.45. The minimum absolute atomic E-state index is 0.138. The number of nitrogens with one attached hydrogen (secondary N) is 1. The van der Waals surface area contributed by atoms with Crippen LogP contribution in [0.3, 0.4) is 0 Å². The number of thiophene rings is 1. The number of nitrogens with zero attached hydrogens (tertiary/aromatic N) is 2. The van der Waals surface area contributed by atoms with Crippen molar-refractivity contribution >= 4 is 33.0 Å². The number of pyridine rings is 2. The van der Waals surface area contributed by atoms with Crippen molar-refractivity contribution in [3.63, 3.8) is 0 Å². The van der Waals surface area contributed by atoms with E-state index < -0.39 is 0 Å². The predicted molar refractivity (Wildman–Crippen MR) is 104 cm³/mol. The molecule has 0 aliphatic rings. The van der Waals surface area contributed by atoms with Crippen molar-refractivity contribution < 1.29 is 4.79 Å². The molecule has 0 fully saturated rings. The first-order chi connectivity index (χ1) is 12.8. The summed E-state index contributed by atoms with van der Waals surface area (Å²) in [7, 11) is 0. The monoisotopic (exact) mass is 355 g/mol. The van der Waals surface area contributed by atoms with Crippen LogP contribution in [0.25, 0.3) is 10.1 Å². The Balaban J connectivity index is 1.65. The lowest BCUT2D eigenvalue weighted by atomic mass is 10.2. The Bertz CT molecular complexity index is 1130. The molecule has 0 saturated carbocycles. The van der Waals surface area contributed by atoms with Crippen molar-refractivity contribution in [3.05, 3.63) is 89.3 Å². The second-order valence-corrected chi connectivity index (χ2v) is 6.58. The number of benzene rings is 1. The lowest BCUT2D eigenvalue weighted by molar-refractivity contribution is 0.103. The average molecular weight is 355 g/mol. The number of hydrogen-bond acceptors (Lipinski definition) is 4. The summed E-state index contributed by atoms with van der Waals surface area (Å²) < 4.78 is 0.927. The van der Waals surface area contributed by atoms with E-state index in [-0.39, 0.29) is 5.91 Å². The highest BCUT2D eigenvalue weighted by Crippen LogP contribution is 2.28. The van der Waals surface area contributed by atoms with E-state index in [1.54, 1.807) is 18.6 Å². The zero-order chi connectivity index (χ0) is 17.8. The Morgan fingerprint density at radius 2 is 1.85 bits per heavy atom. The molecule has 1 amide bonds. The normalized spacial score (nSPS) is 10.2. The van der Waals surface area contributed by atoms with Crippen LogP contribution in [0, 0.1) is 11.8 Å². The molecule has 5 heteroatoms. The lowest BCUT2D eigenvalue weighted by Crippen LogP contribution is -2.09. The highest BCUT2D eigenvalue weighted by atomic mass is 32.1. The summed E-state index contributed by atoms with van der Waals surface area (Å²) in [6.07, 6.45) is 5.18. The minimum Gasteiger partial charge on any atom is -0.321 e. The molecule has 4 rings (SSSR count). The van der Waals surface area contributed by atoms with Crippen molar-refractivity contribution in [2.24, 2.45) is 0 Å². The van der Waals surface area contributed by atoms with E-state index in [1.807, 2.05) is 54.6 Å². The number of carbonyl (C=O) groups excluding carboxylic acids is 1. The Kier molecular flexibility index (Phi) is 4.42. The van der Waals surface area contributed by atoms with E-state index in [2.05, 4.69) is 27.1 Å². The van der Waals surface area contributed by atoms with Gasteiger partial charge in [0.25, 0.3) is 5.91 Å². The Morgan fingerprint density at radius 1 is 1.00 bits per heavy atom. The van der Waals surface area contributed by atoms with Crippen molar-refractivity contribution in [2.45, 2.75) is 0 Å². The molecule has 0 aliphatic heterocycles. The molecule has 26 heavy (non-hydrogen) atoms. The molecule has 0 radical (unpaired) electrons. The fraction of sp³-hybridized carbons (Fsp3) is 0. The summed E-state index contributed by atoms with van der Waals surface area (Å²) in [5.74, 6) is 6.00. The van der Waals surface area contributed by atoms with Crippen molar-refractivity contribution in [1.29, 1.82) is 0 Å². The van der Waals surface area contributed by atoms with E-state index in [4.69, 9.17) is 0 Å².